The number of esters is 1. The van der Waals surface area contributed by atoms with Gasteiger partial charge in [0, 0.05) is 19.4 Å². The van der Waals surface area contributed by atoms with Crippen LogP contribution in [0.15, 0.2) is 0 Å². The Morgan fingerprint density at radius 2 is 1.10 bits per heavy atom. The maximum absolute atomic E-state index is 12.0. The summed E-state index contributed by atoms with van der Waals surface area (Å²) in [5.41, 5.74) is 0. The zero-order chi connectivity index (χ0) is 30.4. The summed E-state index contributed by atoms with van der Waals surface area (Å²) < 4.78 is 26.6. The van der Waals surface area contributed by atoms with Gasteiger partial charge in [0.05, 0.1) is 13.2 Å². The van der Waals surface area contributed by atoms with Gasteiger partial charge < -0.3 is 20.1 Å². The van der Waals surface area contributed by atoms with E-state index in [9.17, 15) is 24.2 Å². The second-order valence-corrected chi connectivity index (χ2v) is 12.6. The van der Waals surface area contributed by atoms with Crippen LogP contribution in [-0.4, -0.2) is 54.3 Å². The van der Waals surface area contributed by atoms with Gasteiger partial charge in [-0.05, 0) is 12.8 Å². The average molecular weight is 608 g/mol. The van der Waals surface area contributed by atoms with E-state index >= 15 is 0 Å². The molecule has 0 aliphatic heterocycles. The molecule has 0 fully saturated rings. The molecule has 2 atom stereocenters. The van der Waals surface area contributed by atoms with Crippen molar-refractivity contribution in [3.8, 4) is 0 Å². The van der Waals surface area contributed by atoms with Gasteiger partial charge in [-0.25, -0.2) is 4.57 Å². The molecule has 1 amide bonds. The first-order valence-corrected chi connectivity index (χ1v) is 18.0. The highest BCUT2D eigenvalue weighted by atomic mass is 31.2. The van der Waals surface area contributed by atoms with E-state index < -0.39 is 26.5 Å². The largest absolute Gasteiger partial charge is 0.472 e. The lowest BCUT2D eigenvalue weighted by Crippen LogP contribution is -2.27. The molecule has 0 rings (SSSR count). The van der Waals surface area contributed by atoms with E-state index in [0.29, 0.717) is 6.42 Å². The monoisotopic (exact) mass is 607 g/mol. The van der Waals surface area contributed by atoms with Crippen LogP contribution in [0.2, 0.25) is 0 Å². The minimum Gasteiger partial charge on any atom is -0.463 e. The van der Waals surface area contributed by atoms with E-state index in [1.165, 1.54) is 89.9 Å². The summed E-state index contributed by atoms with van der Waals surface area (Å²) in [7, 11) is -4.39. The zero-order valence-corrected chi connectivity index (χ0v) is 27.1. The van der Waals surface area contributed by atoms with Gasteiger partial charge in [0.15, 0.2) is 0 Å². The van der Waals surface area contributed by atoms with Gasteiger partial charge in [-0.3, -0.25) is 18.6 Å². The number of carbonyl (C=O) groups excluding carboxylic acids is 2. The van der Waals surface area contributed by atoms with E-state index in [1.54, 1.807) is 0 Å². The number of amides is 1. The molecule has 0 aliphatic carbocycles. The number of aliphatic hydroxyl groups is 1. The third kappa shape index (κ3) is 30.3. The number of phosphoric ester groups is 1. The summed E-state index contributed by atoms with van der Waals surface area (Å²) in [6, 6.07) is 0. The Morgan fingerprint density at radius 1 is 0.659 bits per heavy atom. The molecule has 0 radical (unpaired) electrons. The van der Waals surface area contributed by atoms with Crippen molar-refractivity contribution in [2.45, 2.75) is 161 Å². The Hall–Kier alpha value is -0.990. The SMILES string of the molecule is CCCCCCCCCCCCCCC(=O)NCCOP(=O)(O)OCC(O)COC(=O)CCCCCCCCCC. The molecule has 0 saturated heterocycles. The number of carbonyl (C=O) groups is 2. The van der Waals surface area contributed by atoms with Crippen LogP contribution in [0.5, 0.6) is 0 Å². The highest BCUT2D eigenvalue weighted by Crippen LogP contribution is 2.42. The van der Waals surface area contributed by atoms with Gasteiger partial charge in [-0.15, -0.1) is 0 Å². The predicted molar refractivity (Wildman–Crippen MR) is 165 cm³/mol. The van der Waals surface area contributed by atoms with Crippen molar-refractivity contribution in [1.29, 1.82) is 0 Å². The van der Waals surface area contributed by atoms with Crippen LogP contribution in [0.4, 0.5) is 0 Å². The van der Waals surface area contributed by atoms with E-state index in [2.05, 4.69) is 19.2 Å². The minimum atomic E-state index is -4.39. The molecule has 9 nitrogen and oxygen atoms in total. The van der Waals surface area contributed by atoms with Gasteiger partial charge in [0.25, 0.3) is 0 Å². The second kappa shape index (κ2) is 29.1. The third-order valence-corrected chi connectivity index (χ3v) is 8.02. The maximum atomic E-state index is 12.0. The molecule has 10 heteroatoms. The van der Waals surface area contributed by atoms with Crippen LogP contribution in [0, 0.1) is 0 Å². The highest BCUT2D eigenvalue weighted by molar-refractivity contribution is 7.47. The maximum Gasteiger partial charge on any atom is 0.472 e. The van der Waals surface area contributed by atoms with Crippen LogP contribution in [0.25, 0.3) is 0 Å². The number of unbranched alkanes of at least 4 members (excludes halogenated alkanes) is 18. The number of rotatable bonds is 31. The molecule has 0 aliphatic rings. The molecule has 0 aromatic carbocycles. The van der Waals surface area contributed by atoms with E-state index in [-0.39, 0.29) is 32.1 Å². The van der Waals surface area contributed by atoms with Crippen molar-refractivity contribution in [2.75, 3.05) is 26.4 Å². The van der Waals surface area contributed by atoms with Gasteiger partial charge in [-0.1, -0.05) is 129 Å². The standard InChI is InChI=1S/C31H62NO8P/c1-3-5-7-9-11-13-14-15-16-17-19-21-23-30(34)32-25-26-39-41(36,37)40-28-29(33)27-38-31(35)24-22-20-18-12-10-8-6-4-2/h29,33H,3-28H2,1-2H3,(H,32,34)(H,36,37). The smallest absolute Gasteiger partial charge is 0.463 e. The topological polar surface area (TPSA) is 131 Å². The summed E-state index contributed by atoms with van der Waals surface area (Å²) >= 11 is 0. The Kier molecular flexibility index (Phi) is 28.4. The Labute approximate surface area is 250 Å². The first-order valence-electron chi connectivity index (χ1n) is 16.5. The fourth-order valence-corrected chi connectivity index (χ4v) is 5.25. The molecule has 0 saturated carbocycles. The molecule has 0 bridgehead atoms. The van der Waals surface area contributed by atoms with Crippen molar-refractivity contribution in [3.05, 3.63) is 0 Å². The van der Waals surface area contributed by atoms with Crippen molar-refractivity contribution in [2.24, 2.45) is 0 Å². The third-order valence-electron chi connectivity index (χ3n) is 7.04. The first-order chi connectivity index (χ1) is 19.8. The van der Waals surface area contributed by atoms with Gasteiger partial charge >= 0.3 is 13.8 Å². The molecule has 244 valence electrons. The normalized spacial score (nSPS) is 13.6. The lowest BCUT2D eigenvalue weighted by atomic mass is 10.0. The molecule has 0 heterocycles. The molecule has 2 unspecified atom stereocenters. The number of aliphatic hydroxyl groups excluding tert-OH is 1. The quantitative estimate of drug-likeness (QED) is 0.0414. The molecule has 41 heavy (non-hydrogen) atoms. The van der Waals surface area contributed by atoms with Crippen molar-refractivity contribution >= 4 is 19.7 Å². The second-order valence-electron chi connectivity index (χ2n) is 11.1. The van der Waals surface area contributed by atoms with Crippen LogP contribution in [-0.2, 0) is 27.9 Å². The van der Waals surface area contributed by atoms with E-state index in [1.807, 2.05) is 0 Å². The Bertz CT molecular complexity index is 664. The summed E-state index contributed by atoms with van der Waals surface area (Å²) in [6.45, 7) is 3.50. The number of phosphoric acid groups is 1. The van der Waals surface area contributed by atoms with Gasteiger partial charge in [0.1, 0.15) is 12.7 Å². The summed E-state index contributed by atoms with van der Waals surface area (Å²) in [5.74, 6) is -0.517. The summed E-state index contributed by atoms with van der Waals surface area (Å²) in [5, 5.41) is 12.6. The van der Waals surface area contributed by atoms with Crippen LogP contribution in [0.1, 0.15) is 155 Å². The predicted octanol–water partition coefficient (Wildman–Crippen LogP) is 7.76. The Morgan fingerprint density at radius 3 is 1.59 bits per heavy atom. The molecular formula is C31H62NO8P. The van der Waals surface area contributed by atoms with E-state index in [0.717, 1.165) is 38.5 Å². The number of nitrogens with one attached hydrogen (secondary N) is 1. The fraction of sp³-hybridized carbons (Fsp3) is 0.935. The average Bonchev–Trinajstić information content (AvgIpc) is 2.95. The molecular weight excluding hydrogens is 545 g/mol. The lowest BCUT2D eigenvalue weighted by Gasteiger charge is -2.15. The summed E-state index contributed by atoms with van der Waals surface area (Å²) in [4.78, 5) is 33.5. The number of ether oxygens (including phenoxy) is 1. The molecule has 0 aromatic heterocycles. The Balaban J connectivity index is 3.63. The van der Waals surface area contributed by atoms with Crippen LogP contribution in [0.3, 0.4) is 0 Å². The fourth-order valence-electron chi connectivity index (χ4n) is 4.50. The molecule has 0 spiro atoms. The first kappa shape index (κ1) is 40.0. The summed E-state index contributed by atoms with van der Waals surface area (Å²) in [6.07, 6.45) is 23.3. The van der Waals surface area contributed by atoms with E-state index in [4.69, 9.17) is 13.8 Å². The molecule has 0 aromatic rings. The van der Waals surface area contributed by atoms with Crippen molar-refractivity contribution in [1.82, 2.24) is 5.32 Å². The van der Waals surface area contributed by atoms with Gasteiger partial charge in [0.2, 0.25) is 5.91 Å². The van der Waals surface area contributed by atoms with Crippen molar-refractivity contribution in [3.63, 3.8) is 0 Å². The lowest BCUT2D eigenvalue weighted by molar-refractivity contribution is -0.147. The van der Waals surface area contributed by atoms with Crippen LogP contribution < -0.4 is 5.32 Å². The van der Waals surface area contributed by atoms with Crippen LogP contribution >= 0.6 is 7.82 Å². The number of hydrogen-bond donors (Lipinski definition) is 3. The van der Waals surface area contributed by atoms with Crippen molar-refractivity contribution < 1.29 is 37.9 Å². The number of hydrogen-bond acceptors (Lipinski definition) is 7. The minimum absolute atomic E-state index is 0.0872. The van der Waals surface area contributed by atoms with Gasteiger partial charge in [-0.2, -0.15) is 0 Å². The zero-order valence-electron chi connectivity index (χ0n) is 26.3. The molecule has 3 N–H and O–H groups in total. The highest BCUT2D eigenvalue weighted by Gasteiger charge is 2.23.